The number of carbonyl (C=O) groups is 1. The maximum absolute atomic E-state index is 13.3. The van der Waals surface area contributed by atoms with Crippen molar-refractivity contribution >= 4 is 17.3 Å². The Hall–Kier alpha value is -3.38. The van der Waals surface area contributed by atoms with Gasteiger partial charge < -0.3 is 15.1 Å². The fraction of sp³-hybridized carbons (Fsp3) is 0.296. The van der Waals surface area contributed by atoms with Gasteiger partial charge in [-0.1, -0.05) is 30.3 Å². The summed E-state index contributed by atoms with van der Waals surface area (Å²) in [6.45, 7) is 3.96. The van der Waals surface area contributed by atoms with Gasteiger partial charge in [0.15, 0.2) is 0 Å². The summed E-state index contributed by atoms with van der Waals surface area (Å²) >= 11 is 0. The minimum Gasteiger partial charge on any atom is -0.378 e. The van der Waals surface area contributed by atoms with Gasteiger partial charge in [0.25, 0.3) is 5.91 Å². The Morgan fingerprint density at radius 1 is 0.909 bits per heavy atom. The molecule has 172 valence electrons. The fourth-order valence-corrected chi connectivity index (χ4v) is 4.28. The van der Waals surface area contributed by atoms with Crippen LogP contribution in [0.5, 0.6) is 0 Å². The van der Waals surface area contributed by atoms with Crippen molar-refractivity contribution < 1.29 is 9.18 Å². The van der Waals surface area contributed by atoms with Crippen LogP contribution in [0.4, 0.5) is 15.8 Å². The van der Waals surface area contributed by atoms with Gasteiger partial charge in [-0.2, -0.15) is 0 Å². The second-order valence-corrected chi connectivity index (χ2v) is 8.58. The minimum absolute atomic E-state index is 0.0598. The van der Waals surface area contributed by atoms with Crippen LogP contribution in [-0.2, 0) is 0 Å². The van der Waals surface area contributed by atoms with Crippen LogP contribution in [0.2, 0.25) is 0 Å². The zero-order chi connectivity index (χ0) is 23.2. The Labute approximate surface area is 195 Å². The van der Waals surface area contributed by atoms with Crippen LogP contribution >= 0.6 is 0 Å². The van der Waals surface area contributed by atoms with Gasteiger partial charge >= 0.3 is 0 Å². The van der Waals surface area contributed by atoms with Crippen molar-refractivity contribution in [1.82, 2.24) is 10.2 Å². The number of carbonyl (C=O) groups excluding carboxylic acids is 1. The van der Waals surface area contributed by atoms with Crippen LogP contribution in [0.15, 0.2) is 78.9 Å². The molecule has 1 aliphatic heterocycles. The molecule has 1 fully saturated rings. The average Bonchev–Trinajstić information content (AvgIpc) is 2.86. The van der Waals surface area contributed by atoms with Crippen molar-refractivity contribution in [3.8, 4) is 0 Å². The lowest BCUT2D eigenvalue weighted by atomic mass is 10.0. The van der Waals surface area contributed by atoms with E-state index in [0.29, 0.717) is 12.1 Å². The average molecular weight is 447 g/mol. The molecule has 3 aromatic rings. The van der Waals surface area contributed by atoms with Gasteiger partial charge in [0.2, 0.25) is 0 Å². The van der Waals surface area contributed by atoms with Crippen molar-refractivity contribution in [3.63, 3.8) is 0 Å². The van der Waals surface area contributed by atoms with E-state index in [4.69, 9.17) is 0 Å². The van der Waals surface area contributed by atoms with Crippen LogP contribution in [0.25, 0.3) is 0 Å². The van der Waals surface area contributed by atoms with Crippen LogP contribution in [0.1, 0.15) is 22.0 Å². The molecule has 0 spiro atoms. The fourth-order valence-electron chi connectivity index (χ4n) is 4.28. The van der Waals surface area contributed by atoms with Gasteiger partial charge in [-0.25, -0.2) is 4.39 Å². The molecule has 6 heteroatoms. The number of nitrogens with zero attached hydrogens (tertiary/aromatic N) is 3. The summed E-state index contributed by atoms with van der Waals surface area (Å²) in [5, 5.41) is 3.14. The molecule has 0 aliphatic carbocycles. The van der Waals surface area contributed by atoms with E-state index in [1.165, 1.54) is 17.7 Å². The van der Waals surface area contributed by atoms with Crippen LogP contribution in [0, 0.1) is 5.82 Å². The zero-order valence-electron chi connectivity index (χ0n) is 19.2. The first-order valence-electron chi connectivity index (χ1n) is 11.4. The molecular formula is C27H31FN4O. The summed E-state index contributed by atoms with van der Waals surface area (Å²) in [5.74, 6) is -0.275. The van der Waals surface area contributed by atoms with Gasteiger partial charge in [-0.15, -0.1) is 0 Å². The molecule has 0 radical (unpaired) electrons. The number of hydrogen-bond acceptors (Lipinski definition) is 4. The Morgan fingerprint density at radius 3 is 2.15 bits per heavy atom. The summed E-state index contributed by atoms with van der Waals surface area (Å²) < 4.78 is 13.3. The minimum atomic E-state index is -0.215. The van der Waals surface area contributed by atoms with Gasteiger partial charge in [0.1, 0.15) is 5.82 Å². The van der Waals surface area contributed by atoms with Crippen molar-refractivity contribution in [2.75, 3.05) is 56.6 Å². The Morgan fingerprint density at radius 2 is 1.55 bits per heavy atom. The van der Waals surface area contributed by atoms with E-state index >= 15 is 0 Å². The number of piperazine rings is 1. The highest BCUT2D eigenvalue weighted by molar-refractivity contribution is 5.94. The molecule has 1 saturated heterocycles. The highest BCUT2D eigenvalue weighted by atomic mass is 19.1. The number of nitrogens with one attached hydrogen (secondary N) is 1. The molecule has 0 saturated carbocycles. The zero-order valence-corrected chi connectivity index (χ0v) is 19.2. The number of rotatable bonds is 7. The van der Waals surface area contributed by atoms with Crippen LogP contribution < -0.4 is 15.1 Å². The highest BCUT2D eigenvalue weighted by Gasteiger charge is 2.26. The number of amides is 1. The molecule has 1 aliphatic rings. The monoisotopic (exact) mass is 446 g/mol. The number of benzene rings is 3. The van der Waals surface area contributed by atoms with Gasteiger partial charge in [0.05, 0.1) is 6.04 Å². The predicted molar refractivity (Wildman–Crippen MR) is 132 cm³/mol. The first-order valence-corrected chi connectivity index (χ1v) is 11.4. The molecule has 1 atom stereocenters. The lowest BCUT2D eigenvalue weighted by Gasteiger charge is -2.40. The summed E-state index contributed by atoms with van der Waals surface area (Å²) in [6.07, 6.45) is 0. The molecule has 1 amide bonds. The van der Waals surface area contributed by atoms with E-state index in [2.05, 4.69) is 44.3 Å². The third kappa shape index (κ3) is 5.71. The van der Waals surface area contributed by atoms with Crippen molar-refractivity contribution in [3.05, 3.63) is 95.8 Å². The van der Waals surface area contributed by atoms with Crippen molar-refractivity contribution in [1.29, 1.82) is 0 Å². The van der Waals surface area contributed by atoms with Crippen LogP contribution in [-0.4, -0.2) is 57.6 Å². The van der Waals surface area contributed by atoms with E-state index in [9.17, 15) is 9.18 Å². The first kappa shape index (κ1) is 22.8. The Kier molecular flexibility index (Phi) is 7.25. The second kappa shape index (κ2) is 10.5. The summed E-state index contributed by atoms with van der Waals surface area (Å²) in [7, 11) is 4.06. The molecule has 1 heterocycles. The topological polar surface area (TPSA) is 38.8 Å². The maximum Gasteiger partial charge on any atom is 0.251 e. The summed E-state index contributed by atoms with van der Waals surface area (Å²) in [4.78, 5) is 19.5. The molecule has 0 aromatic heterocycles. The maximum atomic E-state index is 13.3. The normalized spacial score (nSPS) is 15.2. The lowest BCUT2D eigenvalue weighted by molar-refractivity contribution is 0.0930. The van der Waals surface area contributed by atoms with E-state index in [1.54, 1.807) is 0 Å². The van der Waals surface area contributed by atoms with Crippen molar-refractivity contribution in [2.45, 2.75) is 6.04 Å². The molecule has 0 bridgehead atoms. The molecule has 3 aromatic carbocycles. The lowest BCUT2D eigenvalue weighted by Crippen LogP contribution is -2.50. The summed E-state index contributed by atoms with van der Waals surface area (Å²) in [6, 6.07) is 24.6. The number of anilines is 2. The third-order valence-corrected chi connectivity index (χ3v) is 6.23. The van der Waals surface area contributed by atoms with Crippen molar-refractivity contribution in [2.24, 2.45) is 0 Å². The number of hydrogen-bond donors (Lipinski definition) is 1. The highest BCUT2D eigenvalue weighted by Crippen LogP contribution is 2.26. The predicted octanol–water partition coefficient (Wildman–Crippen LogP) is 4.19. The Bertz CT molecular complexity index is 1030. The second-order valence-electron chi connectivity index (χ2n) is 8.58. The molecular weight excluding hydrogens is 415 g/mol. The smallest absolute Gasteiger partial charge is 0.251 e. The molecule has 1 N–H and O–H groups in total. The molecule has 1 unspecified atom stereocenters. The third-order valence-electron chi connectivity index (χ3n) is 6.23. The standard InChI is InChI=1S/C27H31FN4O/c1-30(2)24-12-8-21(9-13-24)26(20-29-27(33)22-6-4-3-5-7-22)32-18-16-31(17-19-32)25-14-10-23(28)11-15-25/h3-15,26H,16-20H2,1-2H3,(H,29,33). The first-order chi connectivity index (χ1) is 16.0. The SMILES string of the molecule is CN(C)c1ccc(C(CNC(=O)c2ccccc2)N2CCN(c3ccc(F)cc3)CC2)cc1. The van der Waals surface area contributed by atoms with Gasteiger partial charge in [-0.3, -0.25) is 9.69 Å². The summed E-state index contributed by atoms with van der Waals surface area (Å²) in [5.41, 5.74) is 4.04. The van der Waals surface area contributed by atoms with E-state index in [-0.39, 0.29) is 17.8 Å². The van der Waals surface area contributed by atoms with Gasteiger partial charge in [0, 0.05) is 63.8 Å². The quantitative estimate of drug-likeness (QED) is 0.591. The Balaban J connectivity index is 1.47. The molecule has 5 nitrogen and oxygen atoms in total. The number of halogens is 1. The van der Waals surface area contributed by atoms with E-state index in [1.807, 2.05) is 56.6 Å². The van der Waals surface area contributed by atoms with E-state index < -0.39 is 0 Å². The van der Waals surface area contributed by atoms with Gasteiger partial charge in [-0.05, 0) is 54.1 Å². The largest absolute Gasteiger partial charge is 0.378 e. The molecule has 4 rings (SSSR count). The van der Waals surface area contributed by atoms with Crippen LogP contribution in [0.3, 0.4) is 0 Å². The van der Waals surface area contributed by atoms with E-state index in [0.717, 1.165) is 37.6 Å². The molecule has 33 heavy (non-hydrogen) atoms.